The number of fused-ring (bicyclic) bond motifs is 1. The van der Waals surface area contributed by atoms with E-state index in [1.165, 1.54) is 11.3 Å². The molecule has 1 fully saturated rings. The van der Waals surface area contributed by atoms with Gasteiger partial charge in [0.1, 0.15) is 10.8 Å². The molecule has 25 heavy (non-hydrogen) atoms. The van der Waals surface area contributed by atoms with Crippen LogP contribution in [0.3, 0.4) is 0 Å². The van der Waals surface area contributed by atoms with Crippen molar-refractivity contribution in [2.45, 2.75) is 38.5 Å². The molecule has 7 nitrogen and oxygen atoms in total. The summed E-state index contributed by atoms with van der Waals surface area (Å²) in [7, 11) is 0. The predicted molar refractivity (Wildman–Crippen MR) is 95.2 cm³/mol. The van der Waals surface area contributed by atoms with Crippen LogP contribution in [0, 0.1) is 0 Å². The van der Waals surface area contributed by atoms with E-state index in [4.69, 9.17) is 4.74 Å². The first-order valence-corrected chi connectivity index (χ1v) is 9.28. The topological polar surface area (TPSA) is 81.4 Å². The van der Waals surface area contributed by atoms with Crippen LogP contribution >= 0.6 is 11.3 Å². The van der Waals surface area contributed by atoms with Crippen molar-refractivity contribution in [3.8, 4) is 5.75 Å². The van der Waals surface area contributed by atoms with E-state index in [1.54, 1.807) is 0 Å². The van der Waals surface area contributed by atoms with Crippen molar-refractivity contribution in [2.75, 3.05) is 11.9 Å². The van der Waals surface area contributed by atoms with Gasteiger partial charge in [0.25, 0.3) is 0 Å². The molecule has 0 saturated heterocycles. The maximum absolute atomic E-state index is 12.1. The summed E-state index contributed by atoms with van der Waals surface area (Å²) in [6.45, 7) is 2.57. The number of aryl methyl sites for hydroxylation is 1. The number of aromatic nitrogens is 4. The summed E-state index contributed by atoms with van der Waals surface area (Å²) >= 11 is 1.50. The Bertz CT molecular complexity index is 882. The Morgan fingerprint density at radius 1 is 1.32 bits per heavy atom. The van der Waals surface area contributed by atoms with Gasteiger partial charge in [-0.3, -0.25) is 4.79 Å². The molecular weight excluding hydrogens is 338 g/mol. The Labute approximate surface area is 149 Å². The third-order valence-electron chi connectivity index (χ3n) is 4.01. The largest absolute Gasteiger partial charge is 0.494 e. The zero-order valence-electron chi connectivity index (χ0n) is 13.9. The minimum Gasteiger partial charge on any atom is -0.494 e. The van der Waals surface area contributed by atoms with E-state index in [2.05, 4.69) is 20.6 Å². The van der Waals surface area contributed by atoms with E-state index >= 15 is 0 Å². The molecule has 0 radical (unpaired) electrons. The quantitative estimate of drug-likeness (QED) is 0.703. The number of benzene rings is 1. The monoisotopic (exact) mass is 357 g/mol. The van der Waals surface area contributed by atoms with Gasteiger partial charge in [-0.15, -0.1) is 10.2 Å². The van der Waals surface area contributed by atoms with Gasteiger partial charge in [0.05, 0.1) is 6.61 Å². The molecule has 1 saturated carbocycles. The van der Waals surface area contributed by atoms with Crippen LogP contribution in [-0.4, -0.2) is 32.3 Å². The van der Waals surface area contributed by atoms with E-state index in [1.807, 2.05) is 35.7 Å². The van der Waals surface area contributed by atoms with Crippen molar-refractivity contribution < 1.29 is 9.53 Å². The summed E-state index contributed by atoms with van der Waals surface area (Å²) in [6, 6.07) is 7.38. The van der Waals surface area contributed by atoms with Crippen LogP contribution in [0.5, 0.6) is 5.75 Å². The smallest absolute Gasteiger partial charge is 0.234 e. The Kier molecular flexibility index (Phi) is 4.35. The second-order valence-corrected chi connectivity index (χ2v) is 7.07. The summed E-state index contributed by atoms with van der Waals surface area (Å²) in [4.78, 5) is 12.9. The van der Waals surface area contributed by atoms with Gasteiger partial charge in [-0.25, -0.2) is 0 Å². The molecule has 0 aliphatic heterocycles. The number of hydrogen-bond acceptors (Lipinski definition) is 6. The molecule has 0 atom stereocenters. The number of anilines is 1. The lowest BCUT2D eigenvalue weighted by atomic mass is 10.2. The SMILES string of the molecule is CCOc1ccc(NC(=O)CCc2nn3c(C4CC4)nnc3s2)cc1. The zero-order chi connectivity index (χ0) is 17.2. The van der Waals surface area contributed by atoms with Crippen LogP contribution in [0.1, 0.15) is 42.9 Å². The van der Waals surface area contributed by atoms with Gasteiger partial charge in [0.15, 0.2) is 5.82 Å². The van der Waals surface area contributed by atoms with Gasteiger partial charge in [-0.1, -0.05) is 11.3 Å². The highest BCUT2D eigenvalue weighted by Gasteiger charge is 2.30. The molecule has 3 aromatic rings. The first-order chi connectivity index (χ1) is 12.2. The lowest BCUT2D eigenvalue weighted by Crippen LogP contribution is -2.12. The van der Waals surface area contributed by atoms with Crippen molar-refractivity contribution in [1.82, 2.24) is 19.8 Å². The highest BCUT2D eigenvalue weighted by molar-refractivity contribution is 7.16. The number of rotatable bonds is 7. The lowest BCUT2D eigenvalue weighted by Gasteiger charge is -2.06. The molecule has 1 N–H and O–H groups in total. The van der Waals surface area contributed by atoms with Gasteiger partial charge in [-0.2, -0.15) is 9.61 Å². The minimum atomic E-state index is -0.0301. The molecule has 1 amide bonds. The van der Waals surface area contributed by atoms with Crippen LogP contribution in [0.4, 0.5) is 5.69 Å². The molecule has 8 heteroatoms. The molecule has 0 unspecified atom stereocenters. The second-order valence-electron chi connectivity index (χ2n) is 6.03. The number of hydrogen-bond donors (Lipinski definition) is 1. The van der Waals surface area contributed by atoms with E-state index < -0.39 is 0 Å². The molecular formula is C17H19N5O2S. The molecule has 0 spiro atoms. The fraction of sp³-hybridized carbons (Fsp3) is 0.412. The van der Waals surface area contributed by atoms with Gasteiger partial charge in [0, 0.05) is 24.4 Å². The third kappa shape index (κ3) is 3.63. The minimum absolute atomic E-state index is 0.0301. The first-order valence-electron chi connectivity index (χ1n) is 8.46. The van der Waals surface area contributed by atoms with Crippen molar-refractivity contribution in [1.29, 1.82) is 0 Å². The average molecular weight is 357 g/mol. The zero-order valence-corrected chi connectivity index (χ0v) is 14.8. The highest BCUT2D eigenvalue weighted by atomic mass is 32.1. The Morgan fingerprint density at radius 3 is 2.84 bits per heavy atom. The second kappa shape index (κ2) is 6.79. The van der Waals surface area contributed by atoms with Crippen molar-refractivity contribution >= 4 is 27.9 Å². The van der Waals surface area contributed by atoms with Gasteiger partial charge < -0.3 is 10.1 Å². The molecule has 1 aliphatic rings. The van der Waals surface area contributed by atoms with Crippen molar-refractivity contribution in [3.05, 3.63) is 35.1 Å². The number of nitrogens with zero attached hydrogens (tertiary/aromatic N) is 4. The van der Waals surface area contributed by atoms with Crippen LogP contribution in [0.15, 0.2) is 24.3 Å². The summed E-state index contributed by atoms with van der Waals surface area (Å²) in [6.07, 6.45) is 3.31. The number of ether oxygens (including phenoxy) is 1. The first kappa shape index (κ1) is 16.0. The summed E-state index contributed by atoms with van der Waals surface area (Å²) in [5.74, 6) is 2.23. The number of amides is 1. The highest BCUT2D eigenvalue weighted by Crippen LogP contribution is 2.39. The maximum atomic E-state index is 12.1. The lowest BCUT2D eigenvalue weighted by molar-refractivity contribution is -0.116. The van der Waals surface area contributed by atoms with Crippen LogP contribution < -0.4 is 10.1 Å². The molecule has 2 heterocycles. The number of nitrogens with one attached hydrogen (secondary N) is 1. The Balaban J connectivity index is 1.33. The molecule has 1 aromatic carbocycles. The van der Waals surface area contributed by atoms with Crippen LogP contribution in [0.2, 0.25) is 0 Å². The number of carbonyl (C=O) groups excluding carboxylic acids is 1. The Morgan fingerprint density at radius 2 is 2.12 bits per heavy atom. The van der Waals surface area contributed by atoms with E-state index in [0.29, 0.717) is 25.4 Å². The van der Waals surface area contributed by atoms with Crippen LogP contribution in [0.25, 0.3) is 4.96 Å². The molecule has 130 valence electrons. The summed E-state index contributed by atoms with van der Waals surface area (Å²) in [5, 5.41) is 16.7. The Hall–Kier alpha value is -2.48. The molecule has 2 aromatic heterocycles. The standard InChI is InChI=1S/C17H19N5O2S/c1-2-24-13-7-5-12(6-8-13)18-14(23)9-10-15-21-22-16(11-3-4-11)19-20-17(22)25-15/h5-8,11H,2-4,9-10H2,1H3,(H,18,23). The summed E-state index contributed by atoms with van der Waals surface area (Å²) in [5.41, 5.74) is 0.766. The molecule has 0 bridgehead atoms. The fourth-order valence-electron chi connectivity index (χ4n) is 2.61. The third-order valence-corrected chi connectivity index (χ3v) is 4.97. The van der Waals surface area contributed by atoms with Gasteiger partial charge in [-0.05, 0) is 44.0 Å². The van der Waals surface area contributed by atoms with Crippen molar-refractivity contribution in [2.24, 2.45) is 0 Å². The average Bonchev–Trinajstić information content (AvgIpc) is 3.24. The molecule has 1 aliphatic carbocycles. The van der Waals surface area contributed by atoms with Gasteiger partial charge >= 0.3 is 0 Å². The van der Waals surface area contributed by atoms with E-state index in [9.17, 15) is 4.79 Å². The predicted octanol–water partition coefficient (Wildman–Crippen LogP) is 3.03. The number of carbonyl (C=O) groups is 1. The van der Waals surface area contributed by atoms with E-state index in [0.717, 1.165) is 40.1 Å². The molecule has 4 rings (SSSR count). The fourth-order valence-corrected chi connectivity index (χ4v) is 3.45. The maximum Gasteiger partial charge on any atom is 0.234 e. The van der Waals surface area contributed by atoms with Crippen molar-refractivity contribution in [3.63, 3.8) is 0 Å². The van der Waals surface area contributed by atoms with Crippen LogP contribution in [-0.2, 0) is 11.2 Å². The normalized spacial score (nSPS) is 14.0. The van der Waals surface area contributed by atoms with E-state index in [-0.39, 0.29) is 5.91 Å². The summed E-state index contributed by atoms with van der Waals surface area (Å²) < 4.78 is 7.23. The van der Waals surface area contributed by atoms with Gasteiger partial charge in [0.2, 0.25) is 10.9 Å².